The maximum absolute atomic E-state index is 12.8. The van der Waals surface area contributed by atoms with Gasteiger partial charge in [-0.05, 0) is 43.0 Å². The monoisotopic (exact) mass is 388 g/mol. The first-order valence-electron chi connectivity index (χ1n) is 10.2. The van der Waals surface area contributed by atoms with Gasteiger partial charge in [-0.3, -0.25) is 4.79 Å². The molecule has 0 N–H and O–H groups in total. The minimum absolute atomic E-state index is 0.140. The SMILES string of the molecule is CN(C)c1ccc(C(=O)N2CCC(Cn3ccnc3-c3ccccc3)CC2)cc1. The van der Waals surface area contributed by atoms with E-state index in [1.165, 1.54) is 0 Å². The van der Waals surface area contributed by atoms with Gasteiger partial charge in [-0.15, -0.1) is 0 Å². The second-order valence-electron chi connectivity index (χ2n) is 7.95. The van der Waals surface area contributed by atoms with Gasteiger partial charge in [0.1, 0.15) is 5.82 Å². The van der Waals surface area contributed by atoms with E-state index in [0.29, 0.717) is 5.92 Å². The van der Waals surface area contributed by atoms with E-state index >= 15 is 0 Å². The molecule has 1 aromatic heterocycles. The number of imidazole rings is 1. The third-order valence-electron chi connectivity index (χ3n) is 5.73. The number of carbonyl (C=O) groups excluding carboxylic acids is 1. The molecule has 3 aromatic rings. The average Bonchev–Trinajstić information content (AvgIpc) is 3.22. The van der Waals surface area contributed by atoms with Gasteiger partial charge in [0.25, 0.3) is 5.91 Å². The first-order valence-corrected chi connectivity index (χ1v) is 10.2. The maximum Gasteiger partial charge on any atom is 0.253 e. The number of amides is 1. The second-order valence-corrected chi connectivity index (χ2v) is 7.95. The lowest BCUT2D eigenvalue weighted by atomic mass is 9.96. The van der Waals surface area contributed by atoms with Crippen molar-refractivity contribution in [3.63, 3.8) is 0 Å². The molecule has 0 spiro atoms. The highest BCUT2D eigenvalue weighted by Crippen LogP contribution is 2.24. The summed E-state index contributed by atoms with van der Waals surface area (Å²) in [5, 5.41) is 0. The van der Waals surface area contributed by atoms with Crippen LogP contribution >= 0.6 is 0 Å². The van der Waals surface area contributed by atoms with Gasteiger partial charge in [0.2, 0.25) is 0 Å². The summed E-state index contributed by atoms with van der Waals surface area (Å²) in [5.41, 5.74) is 3.02. The van der Waals surface area contributed by atoms with E-state index in [-0.39, 0.29) is 5.91 Å². The van der Waals surface area contributed by atoms with Crippen LogP contribution in [0.3, 0.4) is 0 Å². The van der Waals surface area contributed by atoms with E-state index in [4.69, 9.17) is 0 Å². The van der Waals surface area contributed by atoms with Gasteiger partial charge in [0, 0.05) is 62.9 Å². The van der Waals surface area contributed by atoms with Gasteiger partial charge in [0.15, 0.2) is 0 Å². The van der Waals surface area contributed by atoms with Crippen molar-refractivity contribution >= 4 is 11.6 Å². The van der Waals surface area contributed by atoms with E-state index in [1.54, 1.807) is 0 Å². The van der Waals surface area contributed by atoms with Crippen molar-refractivity contribution < 1.29 is 4.79 Å². The fraction of sp³-hybridized carbons (Fsp3) is 0.333. The summed E-state index contributed by atoms with van der Waals surface area (Å²) in [6.45, 7) is 2.58. The molecule has 1 saturated heterocycles. The maximum atomic E-state index is 12.8. The summed E-state index contributed by atoms with van der Waals surface area (Å²) in [5.74, 6) is 1.72. The molecule has 0 saturated carbocycles. The van der Waals surface area contributed by atoms with Crippen molar-refractivity contribution in [2.45, 2.75) is 19.4 Å². The van der Waals surface area contributed by atoms with Crippen LogP contribution in [0.2, 0.25) is 0 Å². The number of aromatic nitrogens is 2. The van der Waals surface area contributed by atoms with Crippen molar-refractivity contribution in [1.82, 2.24) is 14.5 Å². The number of hydrogen-bond donors (Lipinski definition) is 0. The van der Waals surface area contributed by atoms with Crippen LogP contribution in [-0.4, -0.2) is 47.5 Å². The molecule has 2 heterocycles. The van der Waals surface area contributed by atoms with E-state index in [0.717, 1.165) is 55.1 Å². The van der Waals surface area contributed by atoms with E-state index in [2.05, 4.69) is 27.9 Å². The van der Waals surface area contributed by atoms with Crippen LogP contribution in [-0.2, 0) is 6.54 Å². The molecule has 2 aromatic carbocycles. The predicted octanol–water partition coefficient (Wildman–Crippen LogP) is 4.17. The smallest absolute Gasteiger partial charge is 0.253 e. The van der Waals surface area contributed by atoms with Crippen molar-refractivity contribution in [2.24, 2.45) is 5.92 Å². The number of benzene rings is 2. The largest absolute Gasteiger partial charge is 0.378 e. The molecule has 5 heteroatoms. The van der Waals surface area contributed by atoms with Crippen LogP contribution in [0.15, 0.2) is 67.0 Å². The van der Waals surface area contributed by atoms with Crippen LogP contribution in [0.4, 0.5) is 5.69 Å². The van der Waals surface area contributed by atoms with Crippen LogP contribution in [0, 0.1) is 5.92 Å². The molecule has 1 fully saturated rings. The number of nitrogens with zero attached hydrogens (tertiary/aromatic N) is 4. The summed E-state index contributed by atoms with van der Waals surface area (Å²) in [6.07, 6.45) is 5.98. The van der Waals surface area contributed by atoms with E-state index in [9.17, 15) is 4.79 Å². The summed E-state index contributed by atoms with van der Waals surface area (Å²) < 4.78 is 2.25. The number of anilines is 1. The topological polar surface area (TPSA) is 41.4 Å². The highest BCUT2D eigenvalue weighted by atomic mass is 16.2. The zero-order valence-electron chi connectivity index (χ0n) is 17.2. The molecule has 0 bridgehead atoms. The Kier molecular flexibility index (Phi) is 5.65. The minimum atomic E-state index is 0.140. The predicted molar refractivity (Wildman–Crippen MR) is 117 cm³/mol. The van der Waals surface area contributed by atoms with Gasteiger partial charge in [-0.2, -0.15) is 0 Å². The Morgan fingerprint density at radius 3 is 2.38 bits per heavy atom. The molecule has 1 aliphatic rings. The van der Waals surface area contributed by atoms with E-state index in [1.807, 2.05) is 72.6 Å². The molecule has 1 aliphatic heterocycles. The van der Waals surface area contributed by atoms with Crippen LogP contribution in [0.25, 0.3) is 11.4 Å². The first-order chi connectivity index (χ1) is 14.1. The third-order valence-corrected chi connectivity index (χ3v) is 5.73. The number of hydrogen-bond acceptors (Lipinski definition) is 3. The molecule has 0 atom stereocenters. The average molecular weight is 389 g/mol. The molecule has 5 nitrogen and oxygen atoms in total. The van der Waals surface area contributed by atoms with Gasteiger partial charge < -0.3 is 14.4 Å². The van der Waals surface area contributed by atoms with Gasteiger partial charge >= 0.3 is 0 Å². The summed E-state index contributed by atoms with van der Waals surface area (Å²) in [6, 6.07) is 18.2. The summed E-state index contributed by atoms with van der Waals surface area (Å²) in [7, 11) is 4.01. The molecular weight excluding hydrogens is 360 g/mol. The third kappa shape index (κ3) is 4.34. The Balaban J connectivity index is 1.35. The molecule has 0 unspecified atom stereocenters. The molecule has 150 valence electrons. The molecular formula is C24H28N4O. The number of likely N-dealkylation sites (tertiary alicyclic amines) is 1. The summed E-state index contributed by atoms with van der Waals surface area (Å²) in [4.78, 5) is 21.4. The normalized spacial score (nSPS) is 14.8. The Morgan fingerprint density at radius 1 is 1.03 bits per heavy atom. The van der Waals surface area contributed by atoms with Gasteiger partial charge in [0.05, 0.1) is 0 Å². The lowest BCUT2D eigenvalue weighted by Gasteiger charge is -2.32. The highest BCUT2D eigenvalue weighted by molar-refractivity contribution is 5.94. The molecule has 4 rings (SSSR count). The molecule has 1 amide bonds. The van der Waals surface area contributed by atoms with Gasteiger partial charge in [-0.25, -0.2) is 4.98 Å². The van der Waals surface area contributed by atoms with Crippen LogP contribution in [0.1, 0.15) is 23.2 Å². The Labute approximate surface area is 172 Å². The second kappa shape index (κ2) is 8.52. The van der Waals surface area contributed by atoms with Crippen molar-refractivity contribution in [1.29, 1.82) is 0 Å². The van der Waals surface area contributed by atoms with Crippen LogP contribution in [0.5, 0.6) is 0 Å². The quantitative estimate of drug-likeness (QED) is 0.659. The fourth-order valence-electron chi connectivity index (χ4n) is 3.99. The Hall–Kier alpha value is -3.08. The lowest BCUT2D eigenvalue weighted by molar-refractivity contribution is 0.0683. The number of carbonyl (C=O) groups is 1. The van der Waals surface area contributed by atoms with Crippen LogP contribution < -0.4 is 4.90 Å². The number of rotatable bonds is 5. The Morgan fingerprint density at radius 2 is 1.72 bits per heavy atom. The summed E-state index contributed by atoms with van der Waals surface area (Å²) >= 11 is 0. The molecule has 29 heavy (non-hydrogen) atoms. The highest BCUT2D eigenvalue weighted by Gasteiger charge is 2.24. The van der Waals surface area contributed by atoms with Crippen molar-refractivity contribution in [2.75, 3.05) is 32.1 Å². The minimum Gasteiger partial charge on any atom is -0.378 e. The number of piperidine rings is 1. The standard InChI is InChI=1S/C24H28N4O/c1-26(2)22-10-8-21(9-11-22)24(29)27-15-12-19(13-16-27)18-28-17-14-25-23(28)20-6-4-3-5-7-20/h3-11,14,17,19H,12-13,15-16,18H2,1-2H3. The van der Waals surface area contributed by atoms with Crippen molar-refractivity contribution in [3.05, 3.63) is 72.6 Å². The molecule has 0 radical (unpaired) electrons. The van der Waals surface area contributed by atoms with Crippen molar-refractivity contribution in [3.8, 4) is 11.4 Å². The fourth-order valence-corrected chi connectivity index (χ4v) is 3.99. The van der Waals surface area contributed by atoms with E-state index < -0.39 is 0 Å². The zero-order chi connectivity index (χ0) is 20.2. The first kappa shape index (κ1) is 19.2. The zero-order valence-corrected chi connectivity index (χ0v) is 17.2. The van der Waals surface area contributed by atoms with Gasteiger partial charge in [-0.1, -0.05) is 30.3 Å². The molecule has 0 aliphatic carbocycles. The lowest BCUT2D eigenvalue weighted by Crippen LogP contribution is -2.39. The Bertz CT molecular complexity index is 939.